The third-order valence-electron chi connectivity index (χ3n) is 5.81. The van der Waals surface area contributed by atoms with E-state index in [1.165, 1.54) is 27.9 Å². The summed E-state index contributed by atoms with van der Waals surface area (Å²) in [6.07, 6.45) is 2.89. The van der Waals surface area contributed by atoms with E-state index in [1.807, 2.05) is 18.2 Å². The van der Waals surface area contributed by atoms with Crippen LogP contribution in [-0.4, -0.2) is 23.1 Å². The Morgan fingerprint density at radius 3 is 2.60 bits per heavy atom. The summed E-state index contributed by atoms with van der Waals surface area (Å²) in [4.78, 5) is 18.4. The monoisotopic (exact) mass is 498 g/mol. The highest BCUT2D eigenvalue weighted by atomic mass is 32.1. The number of hydrogen-bond donors (Lipinski definition) is 0. The van der Waals surface area contributed by atoms with Gasteiger partial charge < -0.3 is 9.47 Å². The summed E-state index contributed by atoms with van der Waals surface area (Å²) in [6, 6.07) is 10.1. The first kappa shape index (κ1) is 23.2. The van der Waals surface area contributed by atoms with E-state index in [-0.39, 0.29) is 11.1 Å². The van der Waals surface area contributed by atoms with Gasteiger partial charge in [0.15, 0.2) is 16.5 Å². The largest absolute Gasteiger partial charge is 0.493 e. The minimum absolute atomic E-state index is 0.217. The number of thiazole rings is 1. The first-order chi connectivity index (χ1) is 16.8. The molecule has 180 valence electrons. The first-order valence-electron chi connectivity index (χ1n) is 11.0. The zero-order valence-corrected chi connectivity index (χ0v) is 19.5. The molecular weight excluding hydrogens is 477 g/mol. The standard InChI is InChI=1S/C26H21F3N2O3S/c1-33-21-4-2-3-18(23(21)34-15-16-5-6-16)9-12-20-22(24(32)31-13-14-35-25(31)30-20)17-7-10-19(11-8-17)26(27,28)29/h2-4,7-14,16H,5-6,15H2,1H3/b12-9+. The Hall–Kier alpha value is -3.59. The summed E-state index contributed by atoms with van der Waals surface area (Å²) in [6.45, 7) is 0.596. The number of halogens is 3. The van der Waals surface area contributed by atoms with Crippen molar-refractivity contribution in [1.82, 2.24) is 9.38 Å². The molecule has 2 heterocycles. The van der Waals surface area contributed by atoms with Crippen LogP contribution in [0.3, 0.4) is 0 Å². The van der Waals surface area contributed by atoms with Crippen LogP contribution >= 0.6 is 11.3 Å². The van der Waals surface area contributed by atoms with Crippen molar-refractivity contribution in [2.24, 2.45) is 5.92 Å². The maximum Gasteiger partial charge on any atom is 0.416 e. The van der Waals surface area contributed by atoms with E-state index in [1.54, 1.807) is 30.8 Å². The van der Waals surface area contributed by atoms with Crippen LogP contribution in [0.4, 0.5) is 13.2 Å². The van der Waals surface area contributed by atoms with Crippen molar-refractivity contribution < 1.29 is 22.6 Å². The molecule has 0 amide bonds. The molecule has 0 unspecified atom stereocenters. The molecule has 0 N–H and O–H groups in total. The third kappa shape index (κ3) is 4.81. The summed E-state index contributed by atoms with van der Waals surface area (Å²) in [7, 11) is 1.57. The van der Waals surface area contributed by atoms with Gasteiger partial charge in [-0.3, -0.25) is 9.20 Å². The average Bonchev–Trinajstić information content (AvgIpc) is 3.55. The van der Waals surface area contributed by atoms with Crippen LogP contribution in [-0.2, 0) is 6.18 Å². The van der Waals surface area contributed by atoms with Gasteiger partial charge in [-0.15, -0.1) is 11.3 Å². The molecule has 1 aliphatic rings. The second-order valence-corrected chi connectivity index (χ2v) is 9.15. The molecule has 0 spiro atoms. The summed E-state index contributed by atoms with van der Waals surface area (Å²) in [5, 5.41) is 1.74. The Labute approximate surface area is 203 Å². The summed E-state index contributed by atoms with van der Waals surface area (Å²) >= 11 is 1.30. The number of hydrogen-bond acceptors (Lipinski definition) is 5. The van der Waals surface area contributed by atoms with E-state index >= 15 is 0 Å². The highest BCUT2D eigenvalue weighted by Gasteiger charge is 2.30. The zero-order valence-electron chi connectivity index (χ0n) is 18.7. The highest BCUT2D eigenvalue weighted by molar-refractivity contribution is 7.15. The van der Waals surface area contributed by atoms with Gasteiger partial charge in [0.1, 0.15) is 0 Å². The predicted octanol–water partition coefficient (Wildman–Crippen LogP) is 6.41. The van der Waals surface area contributed by atoms with Crippen molar-refractivity contribution in [3.8, 4) is 22.6 Å². The molecule has 1 fully saturated rings. The molecule has 0 bridgehead atoms. The number of fused-ring (bicyclic) bond motifs is 1. The van der Waals surface area contributed by atoms with E-state index in [0.29, 0.717) is 40.2 Å². The van der Waals surface area contributed by atoms with Crippen LogP contribution < -0.4 is 15.0 Å². The number of alkyl halides is 3. The lowest BCUT2D eigenvalue weighted by atomic mass is 10.0. The van der Waals surface area contributed by atoms with Gasteiger partial charge in [0.2, 0.25) is 0 Å². The molecule has 4 aromatic rings. The van der Waals surface area contributed by atoms with Crippen molar-refractivity contribution in [1.29, 1.82) is 0 Å². The van der Waals surface area contributed by atoms with Crippen molar-refractivity contribution in [2.45, 2.75) is 19.0 Å². The summed E-state index contributed by atoms with van der Waals surface area (Å²) < 4.78 is 52.1. The van der Waals surface area contributed by atoms with Crippen molar-refractivity contribution >= 4 is 28.4 Å². The third-order valence-corrected chi connectivity index (χ3v) is 6.56. The predicted molar refractivity (Wildman–Crippen MR) is 130 cm³/mol. The van der Waals surface area contributed by atoms with Crippen molar-refractivity contribution in [2.75, 3.05) is 13.7 Å². The van der Waals surface area contributed by atoms with Crippen molar-refractivity contribution in [3.63, 3.8) is 0 Å². The Kier molecular flexibility index (Phi) is 6.10. The van der Waals surface area contributed by atoms with Crippen LogP contribution in [0.2, 0.25) is 0 Å². The minimum atomic E-state index is -4.46. The fourth-order valence-electron chi connectivity index (χ4n) is 3.75. The number of methoxy groups -OCH3 is 1. The molecule has 35 heavy (non-hydrogen) atoms. The van der Waals surface area contributed by atoms with Gasteiger partial charge in [-0.05, 0) is 54.7 Å². The van der Waals surface area contributed by atoms with Gasteiger partial charge in [0.25, 0.3) is 5.56 Å². The second-order valence-electron chi connectivity index (χ2n) is 8.27. The maximum atomic E-state index is 13.3. The Balaban J connectivity index is 1.59. The number of rotatable bonds is 7. The molecule has 0 atom stereocenters. The lowest BCUT2D eigenvalue weighted by molar-refractivity contribution is -0.137. The number of ether oxygens (including phenoxy) is 2. The Morgan fingerprint density at radius 2 is 1.91 bits per heavy atom. The average molecular weight is 499 g/mol. The number of aromatic nitrogens is 2. The normalized spacial score (nSPS) is 14.1. The van der Waals surface area contributed by atoms with Gasteiger partial charge in [-0.1, -0.05) is 24.3 Å². The topological polar surface area (TPSA) is 52.8 Å². The van der Waals surface area contributed by atoms with Gasteiger partial charge >= 0.3 is 6.18 Å². The summed E-state index contributed by atoms with van der Waals surface area (Å²) in [5.74, 6) is 1.74. The lowest BCUT2D eigenvalue weighted by Gasteiger charge is -2.13. The maximum absolute atomic E-state index is 13.3. The molecule has 2 aromatic carbocycles. The lowest BCUT2D eigenvalue weighted by Crippen LogP contribution is -2.17. The van der Waals surface area contributed by atoms with E-state index < -0.39 is 11.7 Å². The number of nitrogens with zero attached hydrogens (tertiary/aromatic N) is 2. The molecule has 1 aliphatic carbocycles. The fourth-order valence-corrected chi connectivity index (χ4v) is 4.46. The van der Waals surface area contributed by atoms with Gasteiger partial charge in [0, 0.05) is 17.1 Å². The van der Waals surface area contributed by atoms with Gasteiger partial charge in [0.05, 0.1) is 30.5 Å². The van der Waals surface area contributed by atoms with Crippen LogP contribution in [0.25, 0.3) is 28.2 Å². The Bertz CT molecular complexity index is 1450. The van der Waals surface area contributed by atoms with E-state index in [0.717, 1.165) is 30.5 Å². The SMILES string of the molecule is COc1cccc(/C=C/c2nc3sccn3c(=O)c2-c2ccc(C(F)(F)F)cc2)c1OCC1CC1. The minimum Gasteiger partial charge on any atom is -0.493 e. The van der Waals surface area contributed by atoms with Crippen LogP contribution in [0.5, 0.6) is 11.5 Å². The molecule has 1 saturated carbocycles. The highest BCUT2D eigenvalue weighted by Crippen LogP contribution is 2.36. The van der Waals surface area contributed by atoms with Crippen LogP contribution in [0, 0.1) is 5.92 Å². The molecule has 0 aliphatic heterocycles. The molecule has 0 radical (unpaired) electrons. The van der Waals surface area contributed by atoms with Gasteiger partial charge in [-0.2, -0.15) is 13.2 Å². The molecule has 2 aromatic heterocycles. The molecule has 9 heteroatoms. The van der Waals surface area contributed by atoms with E-state index in [4.69, 9.17) is 9.47 Å². The van der Waals surface area contributed by atoms with E-state index in [9.17, 15) is 18.0 Å². The fraction of sp³-hybridized carbons (Fsp3) is 0.231. The van der Waals surface area contributed by atoms with Crippen LogP contribution in [0.15, 0.2) is 58.8 Å². The molecule has 5 nitrogen and oxygen atoms in total. The Morgan fingerprint density at radius 1 is 1.14 bits per heavy atom. The van der Waals surface area contributed by atoms with E-state index in [2.05, 4.69) is 4.98 Å². The van der Waals surface area contributed by atoms with Gasteiger partial charge in [-0.25, -0.2) is 4.98 Å². The smallest absolute Gasteiger partial charge is 0.416 e. The summed E-state index contributed by atoms with van der Waals surface area (Å²) in [5.41, 5.74) is 0.536. The molecule has 0 saturated heterocycles. The number of para-hydroxylation sites is 1. The van der Waals surface area contributed by atoms with Crippen LogP contribution in [0.1, 0.15) is 29.7 Å². The number of benzene rings is 2. The molecule has 5 rings (SSSR count). The molecular formula is C26H21F3N2O3S. The first-order valence-corrected chi connectivity index (χ1v) is 11.9. The zero-order chi connectivity index (χ0) is 24.6. The quantitative estimate of drug-likeness (QED) is 0.296. The van der Waals surface area contributed by atoms with Crippen molar-refractivity contribution in [3.05, 3.63) is 81.2 Å². The second kappa shape index (κ2) is 9.22.